The number of fused-ring (bicyclic) bond motifs is 1. The highest BCUT2D eigenvalue weighted by atomic mass is 32.2. The average Bonchev–Trinajstić information content (AvgIpc) is 2.92. The Hall–Kier alpha value is -2.49. The second-order valence-corrected chi connectivity index (χ2v) is 8.64. The van der Waals surface area contributed by atoms with Crippen LogP contribution in [0.25, 0.3) is 0 Å². The van der Waals surface area contributed by atoms with Crippen molar-refractivity contribution in [3.63, 3.8) is 0 Å². The van der Waals surface area contributed by atoms with Gasteiger partial charge in [0.25, 0.3) is 0 Å². The van der Waals surface area contributed by atoms with Gasteiger partial charge in [-0.1, -0.05) is 6.92 Å². The quantitative estimate of drug-likeness (QED) is 0.769. The van der Waals surface area contributed by atoms with Crippen molar-refractivity contribution in [3.8, 4) is 0 Å². The van der Waals surface area contributed by atoms with Gasteiger partial charge in [-0.25, -0.2) is 13.4 Å². The van der Waals surface area contributed by atoms with Gasteiger partial charge in [0.15, 0.2) is 9.84 Å². The summed E-state index contributed by atoms with van der Waals surface area (Å²) in [6.07, 6.45) is -4.11. The fourth-order valence-corrected chi connectivity index (χ4v) is 4.18. The zero-order valence-corrected chi connectivity index (χ0v) is 15.7. The maximum absolute atomic E-state index is 12.9. The second-order valence-electron chi connectivity index (χ2n) is 6.39. The average molecular weight is 400 g/mol. The van der Waals surface area contributed by atoms with Crippen molar-refractivity contribution in [2.45, 2.75) is 31.1 Å². The number of nitrogens with zero attached hydrogens (tertiary/aromatic N) is 2. The van der Waals surface area contributed by atoms with Crippen molar-refractivity contribution in [3.05, 3.63) is 41.2 Å². The lowest BCUT2D eigenvalue weighted by atomic mass is 10.1. The molecule has 3 N–H and O–H groups in total. The second kappa shape index (κ2) is 6.29. The van der Waals surface area contributed by atoms with Gasteiger partial charge in [0.1, 0.15) is 11.9 Å². The number of halogens is 3. The van der Waals surface area contributed by atoms with E-state index in [1.54, 1.807) is 24.9 Å². The molecule has 0 radical (unpaired) electrons. The molecule has 1 aliphatic heterocycles. The normalized spacial score (nSPS) is 17.0. The topological polar surface area (TPSA) is 88.3 Å². The molecule has 146 valence electrons. The molecule has 2 aromatic rings. The Balaban J connectivity index is 2.12. The molecule has 1 aromatic carbocycles. The summed E-state index contributed by atoms with van der Waals surface area (Å²) >= 11 is 0. The molecule has 10 heteroatoms. The number of rotatable bonds is 3. The number of aryl methyl sites for hydroxylation is 1. The number of nitrogen functional groups attached to an aromatic ring is 1. The molecule has 6 nitrogen and oxygen atoms in total. The van der Waals surface area contributed by atoms with E-state index in [2.05, 4.69) is 10.3 Å². The number of nitrogens with one attached hydrogen (secondary N) is 1. The van der Waals surface area contributed by atoms with Crippen LogP contribution in [-0.2, 0) is 16.0 Å². The van der Waals surface area contributed by atoms with Gasteiger partial charge in [0.2, 0.25) is 0 Å². The third-order valence-corrected chi connectivity index (χ3v) is 6.42. The molecular weight excluding hydrogens is 381 g/mol. The lowest BCUT2D eigenvalue weighted by molar-refractivity contribution is -0.141. The number of nitrogens with two attached hydrogens (primary N) is 1. The zero-order valence-electron chi connectivity index (χ0n) is 14.9. The lowest BCUT2D eigenvalue weighted by Gasteiger charge is -2.25. The Morgan fingerprint density at radius 3 is 2.56 bits per heavy atom. The molecule has 0 bridgehead atoms. The van der Waals surface area contributed by atoms with E-state index in [1.807, 2.05) is 0 Å². The molecular formula is C17H19F3N4O2S. The van der Waals surface area contributed by atoms with Gasteiger partial charge in [0, 0.05) is 18.3 Å². The van der Waals surface area contributed by atoms with Crippen molar-refractivity contribution < 1.29 is 21.6 Å². The van der Waals surface area contributed by atoms with Gasteiger partial charge in [-0.05, 0) is 30.7 Å². The highest BCUT2D eigenvalue weighted by molar-refractivity contribution is 7.91. The third kappa shape index (κ3) is 3.29. The standard InChI is InChI=1S/C17H19F3N4O2S/c1-4-27(25,26)14-6-11(21)9(2)5-10(14)16-23-12-7-15(17(18,19)20)22-8-13(12)24(16)3/h5-8,16,23H,4,21H2,1-3H3. The van der Waals surface area contributed by atoms with Crippen molar-refractivity contribution in [2.24, 2.45) is 0 Å². The molecule has 3 rings (SSSR count). The molecule has 1 aliphatic rings. The van der Waals surface area contributed by atoms with E-state index in [4.69, 9.17) is 5.73 Å². The minimum absolute atomic E-state index is 0.0641. The first-order valence-electron chi connectivity index (χ1n) is 8.15. The van der Waals surface area contributed by atoms with Crippen molar-refractivity contribution >= 4 is 26.9 Å². The number of pyridine rings is 1. The largest absolute Gasteiger partial charge is 0.433 e. The Bertz CT molecular complexity index is 1010. The molecule has 2 heterocycles. The van der Waals surface area contributed by atoms with E-state index in [-0.39, 0.29) is 16.3 Å². The Morgan fingerprint density at radius 1 is 1.30 bits per heavy atom. The van der Waals surface area contributed by atoms with Gasteiger partial charge >= 0.3 is 6.18 Å². The van der Waals surface area contributed by atoms with E-state index >= 15 is 0 Å². The summed E-state index contributed by atoms with van der Waals surface area (Å²) in [5.41, 5.74) is 7.00. The van der Waals surface area contributed by atoms with E-state index < -0.39 is 27.9 Å². The number of aromatic nitrogens is 1. The van der Waals surface area contributed by atoms with E-state index in [0.29, 0.717) is 22.5 Å². The summed E-state index contributed by atoms with van der Waals surface area (Å²) in [5.74, 6) is -0.119. The third-order valence-electron chi connectivity index (χ3n) is 4.64. The smallest absolute Gasteiger partial charge is 0.398 e. The molecule has 1 atom stereocenters. The molecule has 1 aromatic heterocycles. The van der Waals surface area contributed by atoms with E-state index in [1.165, 1.54) is 13.0 Å². The molecule has 0 saturated heterocycles. The van der Waals surface area contributed by atoms with E-state index in [0.717, 1.165) is 12.3 Å². The van der Waals surface area contributed by atoms with Gasteiger partial charge in [-0.15, -0.1) is 0 Å². The summed E-state index contributed by atoms with van der Waals surface area (Å²) in [7, 11) is -1.93. The Morgan fingerprint density at radius 2 is 1.96 bits per heavy atom. The minimum atomic E-state index is -4.57. The number of benzene rings is 1. The Labute approximate surface area is 155 Å². The van der Waals surface area contributed by atoms with Crippen molar-refractivity contribution in [2.75, 3.05) is 28.8 Å². The summed E-state index contributed by atoms with van der Waals surface area (Å²) in [6, 6.07) is 3.97. The fourth-order valence-electron chi connectivity index (χ4n) is 3.03. The summed E-state index contributed by atoms with van der Waals surface area (Å²) in [4.78, 5) is 5.19. The van der Waals surface area contributed by atoms with Crippen LogP contribution in [0.5, 0.6) is 0 Å². The van der Waals surface area contributed by atoms with Crippen molar-refractivity contribution in [1.82, 2.24) is 4.98 Å². The first-order chi connectivity index (χ1) is 12.5. The molecule has 0 saturated carbocycles. The van der Waals surface area contributed by atoms with Crippen LogP contribution in [0.3, 0.4) is 0 Å². The number of sulfone groups is 1. The van der Waals surface area contributed by atoms with Crippen LogP contribution in [0.4, 0.5) is 30.2 Å². The van der Waals surface area contributed by atoms with Crippen LogP contribution in [0.2, 0.25) is 0 Å². The molecule has 1 unspecified atom stereocenters. The lowest BCUT2D eigenvalue weighted by Crippen LogP contribution is -2.26. The highest BCUT2D eigenvalue weighted by Gasteiger charge is 2.37. The van der Waals surface area contributed by atoms with Crippen LogP contribution in [0.1, 0.15) is 29.9 Å². The summed E-state index contributed by atoms with van der Waals surface area (Å²) in [6.45, 7) is 3.27. The van der Waals surface area contributed by atoms with Crippen LogP contribution in [0, 0.1) is 6.92 Å². The van der Waals surface area contributed by atoms with Gasteiger partial charge in [0.05, 0.1) is 28.2 Å². The number of alkyl halides is 3. The zero-order chi connectivity index (χ0) is 20.1. The summed E-state index contributed by atoms with van der Waals surface area (Å²) < 4.78 is 63.9. The SMILES string of the molecule is CCS(=O)(=O)c1cc(N)c(C)cc1C1Nc2cc(C(F)(F)F)ncc2N1C. The van der Waals surface area contributed by atoms with Crippen LogP contribution < -0.4 is 16.0 Å². The first-order valence-corrected chi connectivity index (χ1v) is 9.80. The molecule has 0 spiro atoms. The van der Waals surface area contributed by atoms with Gasteiger partial charge < -0.3 is 16.0 Å². The predicted molar refractivity (Wildman–Crippen MR) is 97.3 cm³/mol. The molecule has 27 heavy (non-hydrogen) atoms. The maximum Gasteiger partial charge on any atom is 0.433 e. The maximum atomic E-state index is 12.9. The number of hydrogen-bond acceptors (Lipinski definition) is 6. The molecule has 0 aliphatic carbocycles. The van der Waals surface area contributed by atoms with Gasteiger partial charge in [-0.2, -0.15) is 13.2 Å². The van der Waals surface area contributed by atoms with Crippen LogP contribution in [-0.4, -0.2) is 26.2 Å². The minimum Gasteiger partial charge on any atom is -0.398 e. The number of hydrogen-bond donors (Lipinski definition) is 2. The first kappa shape index (κ1) is 19.3. The van der Waals surface area contributed by atoms with E-state index in [9.17, 15) is 21.6 Å². The highest BCUT2D eigenvalue weighted by Crippen LogP contribution is 2.44. The molecule has 0 fully saturated rings. The van der Waals surface area contributed by atoms with Crippen LogP contribution in [0.15, 0.2) is 29.3 Å². The Kier molecular flexibility index (Phi) is 4.49. The van der Waals surface area contributed by atoms with Gasteiger partial charge in [-0.3, -0.25) is 0 Å². The van der Waals surface area contributed by atoms with Crippen molar-refractivity contribution in [1.29, 1.82) is 0 Å². The fraction of sp³-hybridized carbons (Fsp3) is 0.353. The predicted octanol–water partition coefficient (Wildman–Crippen LogP) is 3.35. The number of anilines is 3. The van der Waals surface area contributed by atoms with Crippen LogP contribution >= 0.6 is 0 Å². The monoisotopic (exact) mass is 400 g/mol. The summed E-state index contributed by atoms with van der Waals surface area (Å²) in [5, 5.41) is 2.98. The molecule has 0 amide bonds.